The number of hydrogen-bond acceptors (Lipinski definition) is 3. The molecule has 0 aliphatic heterocycles. The first-order chi connectivity index (χ1) is 9.90. The van der Waals surface area contributed by atoms with Crippen molar-refractivity contribution in [1.29, 1.82) is 0 Å². The van der Waals surface area contributed by atoms with Crippen LogP contribution in [-0.2, 0) is 13.6 Å². The number of nitro groups is 1. The Labute approximate surface area is 118 Å². The molecule has 1 N–H and O–H groups in total. The molecule has 21 heavy (non-hydrogen) atoms. The fraction of sp³-hybridized carbons (Fsp3) is 0.154. The molecule has 2 rings (SSSR count). The molecule has 0 aliphatic rings. The number of nitro benzene ring substituents is 1. The van der Waals surface area contributed by atoms with E-state index in [1.54, 1.807) is 30.1 Å². The normalized spacial score (nSPS) is 10.4. The summed E-state index contributed by atoms with van der Waals surface area (Å²) < 4.78 is 29.1. The molecule has 0 spiro atoms. The number of nitrogens with zero attached hydrogens (tertiary/aromatic N) is 2. The SMILES string of the molecule is Cn1ccc(CNC(=O)c2c(F)ccc([N+](=O)[O-])c2F)c1. The van der Waals surface area contributed by atoms with Crippen LogP contribution < -0.4 is 5.32 Å². The van der Waals surface area contributed by atoms with Crippen LogP contribution in [-0.4, -0.2) is 15.4 Å². The topological polar surface area (TPSA) is 77.2 Å². The van der Waals surface area contributed by atoms with Gasteiger partial charge in [0.15, 0.2) is 0 Å². The number of carbonyl (C=O) groups excluding carboxylic acids is 1. The number of aryl methyl sites for hydroxylation is 1. The highest BCUT2D eigenvalue weighted by atomic mass is 19.1. The number of benzene rings is 1. The minimum Gasteiger partial charge on any atom is -0.357 e. The predicted molar refractivity (Wildman–Crippen MR) is 69.6 cm³/mol. The van der Waals surface area contributed by atoms with Crippen molar-refractivity contribution in [3.8, 4) is 0 Å². The van der Waals surface area contributed by atoms with E-state index < -0.39 is 33.7 Å². The molecule has 0 bridgehead atoms. The van der Waals surface area contributed by atoms with E-state index >= 15 is 0 Å². The molecule has 0 aliphatic carbocycles. The van der Waals surface area contributed by atoms with E-state index in [2.05, 4.69) is 5.32 Å². The van der Waals surface area contributed by atoms with Crippen molar-refractivity contribution in [2.45, 2.75) is 6.54 Å². The number of carbonyl (C=O) groups is 1. The van der Waals surface area contributed by atoms with Gasteiger partial charge in [-0.3, -0.25) is 14.9 Å². The van der Waals surface area contributed by atoms with Crippen LogP contribution in [0.4, 0.5) is 14.5 Å². The molecule has 1 aromatic heterocycles. The third kappa shape index (κ3) is 3.04. The van der Waals surface area contributed by atoms with Crippen molar-refractivity contribution in [2.75, 3.05) is 0 Å². The van der Waals surface area contributed by atoms with Crippen molar-refractivity contribution in [3.05, 3.63) is 63.5 Å². The van der Waals surface area contributed by atoms with Gasteiger partial charge < -0.3 is 9.88 Å². The van der Waals surface area contributed by atoms with Crippen LogP contribution in [0.1, 0.15) is 15.9 Å². The summed E-state index contributed by atoms with van der Waals surface area (Å²) >= 11 is 0. The van der Waals surface area contributed by atoms with Gasteiger partial charge in [-0.2, -0.15) is 4.39 Å². The van der Waals surface area contributed by atoms with E-state index in [9.17, 15) is 23.7 Å². The van der Waals surface area contributed by atoms with E-state index in [4.69, 9.17) is 0 Å². The Morgan fingerprint density at radius 2 is 2.10 bits per heavy atom. The standard InChI is InChI=1S/C13H11F2N3O3/c1-17-5-4-8(7-17)6-16-13(19)11-9(14)2-3-10(12(11)15)18(20)21/h2-5,7H,6H2,1H3,(H,16,19). The first-order valence-electron chi connectivity index (χ1n) is 5.91. The van der Waals surface area contributed by atoms with Crippen LogP contribution >= 0.6 is 0 Å². The summed E-state index contributed by atoms with van der Waals surface area (Å²) in [6, 6.07) is 3.09. The van der Waals surface area contributed by atoms with E-state index in [-0.39, 0.29) is 6.54 Å². The Balaban J connectivity index is 2.22. The van der Waals surface area contributed by atoms with E-state index in [0.717, 1.165) is 5.56 Å². The van der Waals surface area contributed by atoms with Crippen molar-refractivity contribution in [3.63, 3.8) is 0 Å². The van der Waals surface area contributed by atoms with Gasteiger partial charge in [0, 0.05) is 32.1 Å². The first kappa shape index (κ1) is 14.6. The number of hydrogen-bond donors (Lipinski definition) is 1. The monoisotopic (exact) mass is 295 g/mol. The van der Waals surface area contributed by atoms with Crippen molar-refractivity contribution in [1.82, 2.24) is 9.88 Å². The first-order valence-corrected chi connectivity index (χ1v) is 5.91. The van der Waals surface area contributed by atoms with Crippen LogP contribution in [0.25, 0.3) is 0 Å². The molecule has 8 heteroatoms. The average molecular weight is 295 g/mol. The number of nitrogens with one attached hydrogen (secondary N) is 1. The number of rotatable bonds is 4. The van der Waals surface area contributed by atoms with Gasteiger partial charge in [-0.1, -0.05) is 0 Å². The van der Waals surface area contributed by atoms with Gasteiger partial charge in [0.05, 0.1) is 4.92 Å². The average Bonchev–Trinajstić information content (AvgIpc) is 2.82. The van der Waals surface area contributed by atoms with Gasteiger partial charge in [0.1, 0.15) is 11.4 Å². The molecule has 0 saturated heterocycles. The number of aromatic nitrogens is 1. The summed E-state index contributed by atoms with van der Waals surface area (Å²) in [4.78, 5) is 21.4. The molecule has 0 unspecified atom stereocenters. The minimum absolute atomic E-state index is 0.0568. The fourth-order valence-corrected chi connectivity index (χ4v) is 1.83. The summed E-state index contributed by atoms with van der Waals surface area (Å²) in [5.41, 5.74) is -1.17. The molecule has 0 radical (unpaired) electrons. The Bertz CT molecular complexity index is 713. The molecule has 1 heterocycles. The maximum atomic E-state index is 13.8. The summed E-state index contributed by atoms with van der Waals surface area (Å²) in [5, 5.41) is 12.9. The maximum absolute atomic E-state index is 13.8. The lowest BCUT2D eigenvalue weighted by Gasteiger charge is -2.06. The summed E-state index contributed by atoms with van der Waals surface area (Å²) in [5.74, 6) is -3.67. The lowest BCUT2D eigenvalue weighted by Crippen LogP contribution is -2.25. The Morgan fingerprint density at radius 1 is 1.38 bits per heavy atom. The second-order valence-corrected chi connectivity index (χ2v) is 4.38. The highest BCUT2D eigenvalue weighted by Crippen LogP contribution is 2.23. The van der Waals surface area contributed by atoms with E-state index in [1.165, 1.54) is 0 Å². The van der Waals surface area contributed by atoms with Gasteiger partial charge in [-0.15, -0.1) is 0 Å². The zero-order valence-electron chi connectivity index (χ0n) is 11.0. The zero-order valence-corrected chi connectivity index (χ0v) is 11.0. The molecule has 1 aromatic carbocycles. The predicted octanol–water partition coefficient (Wildman–Crippen LogP) is 2.14. The molecule has 0 saturated carbocycles. The van der Waals surface area contributed by atoms with E-state index in [1.807, 2.05) is 0 Å². The smallest absolute Gasteiger partial charge is 0.305 e. The number of amides is 1. The van der Waals surface area contributed by atoms with Crippen LogP contribution in [0, 0.1) is 21.7 Å². The molecule has 2 aromatic rings. The van der Waals surface area contributed by atoms with Gasteiger partial charge in [-0.05, 0) is 17.7 Å². The summed E-state index contributed by atoms with van der Waals surface area (Å²) in [6.45, 7) is 0.0568. The second-order valence-electron chi connectivity index (χ2n) is 4.38. The van der Waals surface area contributed by atoms with Gasteiger partial charge >= 0.3 is 5.69 Å². The molecule has 0 atom stereocenters. The third-order valence-corrected chi connectivity index (χ3v) is 2.84. The molecular formula is C13H11F2N3O3. The molecular weight excluding hydrogens is 284 g/mol. The highest BCUT2D eigenvalue weighted by Gasteiger charge is 2.25. The largest absolute Gasteiger partial charge is 0.357 e. The van der Waals surface area contributed by atoms with Crippen molar-refractivity contribution in [2.24, 2.45) is 7.05 Å². The highest BCUT2D eigenvalue weighted by molar-refractivity contribution is 5.95. The van der Waals surface area contributed by atoms with Crippen molar-refractivity contribution < 1.29 is 18.5 Å². The van der Waals surface area contributed by atoms with Crippen LogP contribution in [0.15, 0.2) is 30.6 Å². The van der Waals surface area contributed by atoms with Gasteiger partial charge in [0.2, 0.25) is 5.82 Å². The van der Waals surface area contributed by atoms with E-state index in [0.29, 0.717) is 12.1 Å². The van der Waals surface area contributed by atoms with Crippen LogP contribution in [0.3, 0.4) is 0 Å². The molecule has 110 valence electrons. The molecule has 6 nitrogen and oxygen atoms in total. The Morgan fingerprint density at radius 3 is 2.67 bits per heavy atom. The molecule has 1 amide bonds. The number of halogens is 2. The Hall–Kier alpha value is -2.77. The molecule has 0 fully saturated rings. The second kappa shape index (κ2) is 5.70. The van der Waals surface area contributed by atoms with Crippen molar-refractivity contribution >= 4 is 11.6 Å². The third-order valence-electron chi connectivity index (χ3n) is 2.84. The fourth-order valence-electron chi connectivity index (χ4n) is 1.83. The minimum atomic E-state index is -1.48. The maximum Gasteiger partial charge on any atom is 0.305 e. The van der Waals surface area contributed by atoms with Gasteiger partial charge in [0.25, 0.3) is 5.91 Å². The van der Waals surface area contributed by atoms with Crippen LogP contribution in [0.5, 0.6) is 0 Å². The van der Waals surface area contributed by atoms with Gasteiger partial charge in [-0.25, -0.2) is 4.39 Å². The zero-order chi connectivity index (χ0) is 15.6. The summed E-state index contributed by atoms with van der Waals surface area (Å²) in [6.07, 6.45) is 3.47. The van der Waals surface area contributed by atoms with Crippen LogP contribution in [0.2, 0.25) is 0 Å². The quantitative estimate of drug-likeness (QED) is 0.693. The summed E-state index contributed by atoms with van der Waals surface area (Å²) in [7, 11) is 1.78. The lowest BCUT2D eigenvalue weighted by atomic mass is 10.1. The lowest BCUT2D eigenvalue weighted by molar-refractivity contribution is -0.387. The Kier molecular flexibility index (Phi) is 3.97.